The Hall–Kier alpha value is -3.39. The third-order valence-corrected chi connectivity index (χ3v) is 5.34. The van der Waals surface area contributed by atoms with E-state index in [0.717, 1.165) is 29.3 Å². The summed E-state index contributed by atoms with van der Waals surface area (Å²) in [5, 5.41) is 3.76. The fourth-order valence-corrected chi connectivity index (χ4v) is 3.65. The van der Waals surface area contributed by atoms with Crippen molar-refractivity contribution in [2.24, 2.45) is 0 Å². The van der Waals surface area contributed by atoms with Crippen LogP contribution in [0.2, 0.25) is 0 Å². The van der Waals surface area contributed by atoms with Crippen molar-refractivity contribution >= 4 is 22.8 Å². The summed E-state index contributed by atoms with van der Waals surface area (Å²) in [5.74, 6) is -0.446. The molecule has 1 aliphatic rings. The number of pyridine rings is 1. The number of para-hydroxylation sites is 1. The first-order valence-electron chi connectivity index (χ1n) is 10.3. The van der Waals surface area contributed by atoms with Crippen molar-refractivity contribution in [2.45, 2.75) is 31.4 Å². The molecule has 3 aromatic rings. The SMILES string of the molecule is COC(=O)C(Cc1c[nH]c2ccccc12)NC(=O)c1ccc(OC2CCOCC2)nc1. The van der Waals surface area contributed by atoms with Crippen molar-refractivity contribution in [2.75, 3.05) is 20.3 Å². The lowest BCUT2D eigenvalue weighted by Gasteiger charge is -2.22. The van der Waals surface area contributed by atoms with Gasteiger partial charge in [0.25, 0.3) is 5.91 Å². The van der Waals surface area contributed by atoms with Gasteiger partial charge in [0.1, 0.15) is 12.1 Å². The lowest BCUT2D eigenvalue weighted by atomic mass is 10.0. The zero-order valence-corrected chi connectivity index (χ0v) is 17.3. The molecule has 8 heteroatoms. The van der Waals surface area contributed by atoms with Crippen LogP contribution in [-0.2, 0) is 20.7 Å². The number of hydrogen-bond acceptors (Lipinski definition) is 6. The highest BCUT2D eigenvalue weighted by molar-refractivity contribution is 5.96. The number of rotatable bonds is 7. The third-order valence-electron chi connectivity index (χ3n) is 5.34. The van der Waals surface area contributed by atoms with E-state index < -0.39 is 17.9 Å². The molecule has 0 spiro atoms. The summed E-state index contributed by atoms with van der Waals surface area (Å²) in [5.41, 5.74) is 2.23. The van der Waals surface area contributed by atoms with Crippen LogP contribution in [0.5, 0.6) is 5.88 Å². The molecule has 162 valence electrons. The minimum Gasteiger partial charge on any atom is -0.474 e. The zero-order chi connectivity index (χ0) is 21.6. The lowest BCUT2D eigenvalue weighted by molar-refractivity contribution is -0.142. The molecule has 2 aromatic heterocycles. The number of esters is 1. The Morgan fingerprint density at radius 1 is 1.23 bits per heavy atom. The number of hydrogen-bond donors (Lipinski definition) is 2. The van der Waals surface area contributed by atoms with Gasteiger partial charge in [0.05, 0.1) is 25.9 Å². The topological polar surface area (TPSA) is 103 Å². The van der Waals surface area contributed by atoms with E-state index in [1.165, 1.54) is 13.3 Å². The van der Waals surface area contributed by atoms with Crippen LogP contribution in [0, 0.1) is 0 Å². The van der Waals surface area contributed by atoms with Crippen LogP contribution in [0.1, 0.15) is 28.8 Å². The van der Waals surface area contributed by atoms with Gasteiger partial charge < -0.3 is 24.5 Å². The Kier molecular flexibility index (Phi) is 6.47. The van der Waals surface area contributed by atoms with Gasteiger partial charge in [-0.05, 0) is 17.7 Å². The van der Waals surface area contributed by atoms with Crippen LogP contribution in [0.4, 0.5) is 0 Å². The third kappa shape index (κ3) is 5.03. The molecular weight excluding hydrogens is 398 g/mol. The number of carbonyl (C=O) groups is 2. The molecule has 1 amide bonds. The van der Waals surface area contributed by atoms with Crippen molar-refractivity contribution in [3.05, 3.63) is 59.9 Å². The van der Waals surface area contributed by atoms with Crippen molar-refractivity contribution in [3.63, 3.8) is 0 Å². The van der Waals surface area contributed by atoms with Gasteiger partial charge in [-0.1, -0.05) is 18.2 Å². The van der Waals surface area contributed by atoms with Crippen LogP contribution in [0.3, 0.4) is 0 Å². The Bertz CT molecular complexity index is 1040. The highest BCUT2D eigenvalue weighted by Gasteiger charge is 2.24. The molecule has 2 N–H and O–H groups in total. The van der Waals surface area contributed by atoms with Crippen molar-refractivity contribution in [3.8, 4) is 5.88 Å². The van der Waals surface area contributed by atoms with E-state index in [1.807, 2.05) is 30.5 Å². The number of amides is 1. The second-order valence-corrected chi connectivity index (χ2v) is 7.43. The largest absolute Gasteiger partial charge is 0.474 e. The summed E-state index contributed by atoms with van der Waals surface area (Å²) in [6.07, 6.45) is 5.31. The Morgan fingerprint density at radius 3 is 2.77 bits per heavy atom. The molecule has 1 aliphatic heterocycles. The highest BCUT2D eigenvalue weighted by Crippen LogP contribution is 2.20. The summed E-state index contributed by atoms with van der Waals surface area (Å²) in [6.45, 7) is 1.35. The number of fused-ring (bicyclic) bond motifs is 1. The van der Waals surface area contributed by atoms with Gasteiger partial charge in [0.2, 0.25) is 5.88 Å². The van der Waals surface area contributed by atoms with Gasteiger partial charge in [-0.15, -0.1) is 0 Å². The first-order chi connectivity index (χ1) is 15.1. The molecular formula is C23H25N3O5. The summed E-state index contributed by atoms with van der Waals surface area (Å²) in [4.78, 5) is 32.5. The van der Waals surface area contributed by atoms with Gasteiger partial charge in [-0.3, -0.25) is 4.79 Å². The molecule has 1 atom stereocenters. The van der Waals surface area contributed by atoms with E-state index in [0.29, 0.717) is 31.1 Å². The average Bonchev–Trinajstić information content (AvgIpc) is 3.22. The molecule has 1 aromatic carbocycles. The fraction of sp³-hybridized carbons (Fsp3) is 0.348. The molecule has 0 aliphatic carbocycles. The van der Waals surface area contributed by atoms with Crippen LogP contribution in [0.25, 0.3) is 10.9 Å². The van der Waals surface area contributed by atoms with Crippen LogP contribution >= 0.6 is 0 Å². The number of H-pyrrole nitrogens is 1. The summed E-state index contributed by atoms with van der Waals surface area (Å²) >= 11 is 0. The maximum atomic E-state index is 12.7. The minimum atomic E-state index is -0.824. The molecule has 31 heavy (non-hydrogen) atoms. The van der Waals surface area contributed by atoms with E-state index in [1.54, 1.807) is 12.1 Å². The van der Waals surface area contributed by atoms with Crippen LogP contribution < -0.4 is 10.1 Å². The molecule has 1 saturated heterocycles. The molecule has 4 rings (SSSR count). The Morgan fingerprint density at radius 2 is 2.03 bits per heavy atom. The smallest absolute Gasteiger partial charge is 0.328 e. The number of nitrogens with zero attached hydrogens (tertiary/aromatic N) is 1. The standard InChI is InChI=1S/C23H25N3O5/c1-29-23(28)20(12-16-14-24-19-5-3-2-4-18(16)19)26-22(27)15-6-7-21(25-13-15)31-17-8-10-30-11-9-17/h2-7,13-14,17,20,24H,8-12H2,1H3,(H,26,27). The first-order valence-corrected chi connectivity index (χ1v) is 10.3. The monoisotopic (exact) mass is 423 g/mol. The van der Waals surface area contributed by atoms with E-state index in [9.17, 15) is 9.59 Å². The Labute approximate surface area is 179 Å². The van der Waals surface area contributed by atoms with Gasteiger partial charge in [0.15, 0.2) is 0 Å². The van der Waals surface area contributed by atoms with Crippen molar-refractivity contribution < 1.29 is 23.8 Å². The summed E-state index contributed by atoms with van der Waals surface area (Å²) in [6, 6.07) is 10.3. The second-order valence-electron chi connectivity index (χ2n) is 7.43. The molecule has 1 fully saturated rings. The van der Waals surface area contributed by atoms with E-state index >= 15 is 0 Å². The molecule has 1 unspecified atom stereocenters. The number of ether oxygens (including phenoxy) is 3. The van der Waals surface area contributed by atoms with Crippen molar-refractivity contribution in [1.82, 2.24) is 15.3 Å². The maximum absolute atomic E-state index is 12.7. The second kappa shape index (κ2) is 9.61. The molecule has 0 saturated carbocycles. The maximum Gasteiger partial charge on any atom is 0.328 e. The molecule has 0 radical (unpaired) electrons. The Balaban J connectivity index is 1.43. The van der Waals surface area contributed by atoms with Crippen molar-refractivity contribution in [1.29, 1.82) is 0 Å². The number of carbonyl (C=O) groups excluding carboxylic acids is 2. The van der Waals surface area contributed by atoms with Crippen LogP contribution in [0.15, 0.2) is 48.8 Å². The predicted molar refractivity (Wildman–Crippen MR) is 114 cm³/mol. The normalized spacial score (nSPS) is 15.4. The average molecular weight is 423 g/mol. The highest BCUT2D eigenvalue weighted by atomic mass is 16.5. The van der Waals surface area contributed by atoms with E-state index in [2.05, 4.69) is 15.3 Å². The molecule has 3 heterocycles. The summed E-state index contributed by atoms with van der Waals surface area (Å²) < 4.78 is 16.1. The van der Waals surface area contributed by atoms with Gasteiger partial charge in [-0.25, -0.2) is 9.78 Å². The molecule has 0 bridgehead atoms. The number of aromatic nitrogens is 2. The van der Waals surface area contributed by atoms with Gasteiger partial charge >= 0.3 is 5.97 Å². The predicted octanol–water partition coefficient (Wildman–Crippen LogP) is 2.63. The van der Waals surface area contributed by atoms with Crippen LogP contribution in [-0.4, -0.2) is 54.3 Å². The quantitative estimate of drug-likeness (QED) is 0.567. The number of aromatic amines is 1. The first kappa shape index (κ1) is 20.9. The lowest BCUT2D eigenvalue weighted by Crippen LogP contribution is -2.43. The minimum absolute atomic E-state index is 0.0702. The van der Waals surface area contributed by atoms with Gasteiger partial charge in [0, 0.05) is 48.6 Å². The number of benzene rings is 1. The number of nitrogens with one attached hydrogen (secondary N) is 2. The number of methoxy groups -OCH3 is 1. The van der Waals surface area contributed by atoms with E-state index in [4.69, 9.17) is 14.2 Å². The zero-order valence-electron chi connectivity index (χ0n) is 17.3. The molecule has 8 nitrogen and oxygen atoms in total. The van der Waals surface area contributed by atoms with Gasteiger partial charge in [-0.2, -0.15) is 0 Å². The fourth-order valence-electron chi connectivity index (χ4n) is 3.65. The summed E-state index contributed by atoms with van der Waals surface area (Å²) in [7, 11) is 1.31. The van der Waals surface area contributed by atoms with E-state index in [-0.39, 0.29) is 6.10 Å².